The third-order valence-electron chi connectivity index (χ3n) is 4.75. The van der Waals surface area contributed by atoms with E-state index in [2.05, 4.69) is 10.6 Å². The third kappa shape index (κ3) is 4.02. The quantitative estimate of drug-likeness (QED) is 0.444. The van der Waals surface area contributed by atoms with Gasteiger partial charge in [-0.3, -0.25) is 14.0 Å². The summed E-state index contributed by atoms with van der Waals surface area (Å²) in [6, 6.07) is 24.2. The van der Waals surface area contributed by atoms with Crippen LogP contribution >= 0.6 is 11.8 Å². The fourth-order valence-electron chi connectivity index (χ4n) is 3.32. The lowest BCUT2D eigenvalue weighted by Crippen LogP contribution is -2.24. The van der Waals surface area contributed by atoms with Gasteiger partial charge < -0.3 is 10.6 Å². The number of nitrogens with one attached hydrogen (secondary N) is 2. The maximum absolute atomic E-state index is 13.2. The number of anilines is 3. The van der Waals surface area contributed by atoms with Crippen LogP contribution in [-0.4, -0.2) is 16.6 Å². The average molecular weight is 427 g/mol. The van der Waals surface area contributed by atoms with Crippen molar-refractivity contribution < 1.29 is 4.79 Å². The van der Waals surface area contributed by atoms with E-state index in [1.54, 1.807) is 42.8 Å². The molecule has 2 aromatic heterocycles. The monoisotopic (exact) mass is 426 g/mol. The lowest BCUT2D eigenvalue weighted by Gasteiger charge is -2.14. The number of pyridine rings is 2. The molecule has 2 N–H and O–H groups in total. The summed E-state index contributed by atoms with van der Waals surface area (Å²) >= 11 is 1.21. The highest BCUT2D eigenvalue weighted by atomic mass is 32.2. The minimum atomic E-state index is -0.435. The molecule has 1 amide bonds. The van der Waals surface area contributed by atoms with Crippen molar-refractivity contribution in [2.24, 2.45) is 0 Å². The average Bonchev–Trinajstić information content (AvgIpc) is 2.80. The van der Waals surface area contributed by atoms with E-state index in [0.29, 0.717) is 21.7 Å². The molecule has 0 aliphatic rings. The van der Waals surface area contributed by atoms with E-state index in [1.165, 1.54) is 16.2 Å². The van der Waals surface area contributed by atoms with Crippen LogP contribution in [0.5, 0.6) is 0 Å². The summed E-state index contributed by atoms with van der Waals surface area (Å²) in [5, 5.41) is 15.7. The summed E-state index contributed by atoms with van der Waals surface area (Å²) in [6.07, 6.45) is 3.30. The lowest BCUT2D eigenvalue weighted by molar-refractivity contribution is 0.102. The molecule has 0 saturated heterocycles. The molecule has 7 heteroatoms. The van der Waals surface area contributed by atoms with Crippen molar-refractivity contribution in [3.8, 4) is 6.07 Å². The van der Waals surface area contributed by atoms with Crippen molar-refractivity contribution in [2.45, 2.75) is 4.90 Å². The molecule has 0 spiro atoms. The predicted molar refractivity (Wildman–Crippen MR) is 124 cm³/mol. The Kier molecular flexibility index (Phi) is 5.74. The molecule has 4 aromatic rings. The maximum Gasteiger partial charge on any atom is 0.274 e. The predicted octanol–water partition coefficient (Wildman–Crippen LogP) is 4.89. The summed E-state index contributed by atoms with van der Waals surface area (Å²) < 4.78 is 1.33. The molecular weight excluding hydrogens is 408 g/mol. The van der Waals surface area contributed by atoms with Gasteiger partial charge in [0.1, 0.15) is 11.6 Å². The van der Waals surface area contributed by atoms with Crippen molar-refractivity contribution in [1.29, 1.82) is 5.26 Å². The molecule has 0 bridgehead atoms. The molecule has 31 heavy (non-hydrogen) atoms. The zero-order chi connectivity index (χ0) is 21.8. The number of para-hydroxylation sites is 1. The molecule has 2 aromatic carbocycles. The number of aromatic nitrogens is 1. The number of nitrogens with zero attached hydrogens (tertiary/aromatic N) is 2. The fraction of sp³-hybridized carbons (Fsp3) is 0.0417. The first-order valence-electron chi connectivity index (χ1n) is 9.47. The Morgan fingerprint density at radius 2 is 1.58 bits per heavy atom. The van der Waals surface area contributed by atoms with E-state index in [-0.39, 0.29) is 11.5 Å². The molecule has 4 rings (SSSR count). The van der Waals surface area contributed by atoms with E-state index < -0.39 is 5.56 Å². The van der Waals surface area contributed by atoms with Gasteiger partial charge in [0.25, 0.3) is 11.5 Å². The number of thioether (sulfide) groups is 1. The first kappa shape index (κ1) is 20.3. The fourth-order valence-corrected chi connectivity index (χ4v) is 4.06. The number of benzene rings is 2. The number of fused-ring (bicyclic) bond motifs is 1. The number of hydrogen-bond donors (Lipinski definition) is 2. The van der Waals surface area contributed by atoms with Gasteiger partial charge in [-0.25, -0.2) is 0 Å². The minimum absolute atomic E-state index is 0.0382. The third-order valence-corrected chi connectivity index (χ3v) is 5.57. The molecule has 0 fully saturated rings. The molecule has 152 valence electrons. The van der Waals surface area contributed by atoms with Gasteiger partial charge in [-0.15, -0.1) is 11.8 Å². The number of carbonyl (C=O) groups is 1. The second kappa shape index (κ2) is 8.78. The van der Waals surface area contributed by atoms with Crippen LogP contribution in [0.15, 0.2) is 88.7 Å². The molecular formula is C24H18N4O2S. The van der Waals surface area contributed by atoms with Crippen LogP contribution in [-0.2, 0) is 0 Å². The van der Waals surface area contributed by atoms with Gasteiger partial charge in [-0.1, -0.05) is 24.3 Å². The van der Waals surface area contributed by atoms with E-state index in [1.807, 2.05) is 48.5 Å². The molecule has 0 saturated carbocycles. The topological polar surface area (TPSA) is 86.4 Å². The molecule has 2 heterocycles. The van der Waals surface area contributed by atoms with Crippen molar-refractivity contribution in [3.05, 3.63) is 100 Å². The number of carbonyl (C=O) groups excluding carboxylic acids is 1. The summed E-state index contributed by atoms with van der Waals surface area (Å²) in [5.41, 5.74) is 2.74. The molecule has 0 unspecified atom stereocenters. The Hall–Kier alpha value is -4.02. The van der Waals surface area contributed by atoms with Gasteiger partial charge in [0.05, 0.1) is 11.1 Å². The standard InChI is InChI=1S/C24H18N4O2S/c1-31-22-19(15-25)24(30)28-14-6-5-9-20(28)21(22)23(29)27-18-12-10-17(11-13-18)26-16-7-3-2-4-8-16/h2-14,26H,1H3,(H,27,29). The van der Waals surface area contributed by atoms with E-state index in [4.69, 9.17) is 0 Å². The number of rotatable bonds is 5. The first-order valence-corrected chi connectivity index (χ1v) is 10.7. The van der Waals surface area contributed by atoms with Crippen LogP contribution in [0.2, 0.25) is 0 Å². The van der Waals surface area contributed by atoms with Crippen LogP contribution in [0, 0.1) is 11.3 Å². The largest absolute Gasteiger partial charge is 0.356 e. The first-order chi connectivity index (χ1) is 15.1. The normalized spacial score (nSPS) is 10.5. The summed E-state index contributed by atoms with van der Waals surface area (Å²) in [7, 11) is 0. The molecule has 0 atom stereocenters. The summed E-state index contributed by atoms with van der Waals surface area (Å²) in [6.45, 7) is 0. The van der Waals surface area contributed by atoms with Gasteiger partial charge in [-0.05, 0) is 54.8 Å². The van der Waals surface area contributed by atoms with Gasteiger partial charge in [0.15, 0.2) is 0 Å². The minimum Gasteiger partial charge on any atom is -0.356 e. The smallest absolute Gasteiger partial charge is 0.274 e. The lowest BCUT2D eigenvalue weighted by atomic mass is 10.1. The molecule has 0 aliphatic heterocycles. The Morgan fingerprint density at radius 1 is 0.935 bits per heavy atom. The van der Waals surface area contributed by atoms with E-state index in [9.17, 15) is 14.9 Å². The highest BCUT2D eigenvalue weighted by Crippen LogP contribution is 2.27. The van der Waals surface area contributed by atoms with Gasteiger partial charge >= 0.3 is 0 Å². The van der Waals surface area contributed by atoms with Crippen LogP contribution in [0.4, 0.5) is 17.1 Å². The second-order valence-corrected chi connectivity index (χ2v) is 7.50. The number of hydrogen-bond acceptors (Lipinski definition) is 5. The number of amides is 1. The van der Waals surface area contributed by atoms with Crippen molar-refractivity contribution in [1.82, 2.24) is 4.40 Å². The molecule has 0 aliphatic carbocycles. The van der Waals surface area contributed by atoms with E-state index in [0.717, 1.165) is 11.4 Å². The Bertz CT molecular complexity index is 1360. The van der Waals surface area contributed by atoms with E-state index >= 15 is 0 Å². The summed E-state index contributed by atoms with van der Waals surface area (Å²) in [4.78, 5) is 26.2. The Labute approximate surface area is 183 Å². The highest BCUT2D eigenvalue weighted by Gasteiger charge is 2.22. The van der Waals surface area contributed by atoms with Gasteiger partial charge in [-0.2, -0.15) is 5.26 Å². The molecule has 6 nitrogen and oxygen atoms in total. The Morgan fingerprint density at radius 3 is 2.26 bits per heavy atom. The Balaban J connectivity index is 1.67. The van der Waals surface area contributed by atoms with Crippen LogP contribution in [0.1, 0.15) is 15.9 Å². The van der Waals surface area contributed by atoms with Gasteiger partial charge in [0, 0.05) is 28.2 Å². The zero-order valence-electron chi connectivity index (χ0n) is 16.6. The van der Waals surface area contributed by atoms with Crippen molar-refractivity contribution >= 4 is 40.2 Å². The van der Waals surface area contributed by atoms with Crippen LogP contribution in [0.3, 0.4) is 0 Å². The SMILES string of the molecule is CSc1c(C#N)c(=O)n2ccccc2c1C(=O)Nc1ccc(Nc2ccccc2)cc1. The van der Waals surface area contributed by atoms with Crippen LogP contribution in [0.25, 0.3) is 5.52 Å². The van der Waals surface area contributed by atoms with Crippen molar-refractivity contribution in [3.63, 3.8) is 0 Å². The second-order valence-electron chi connectivity index (χ2n) is 6.68. The van der Waals surface area contributed by atoms with Gasteiger partial charge in [0.2, 0.25) is 0 Å². The number of nitriles is 1. The highest BCUT2D eigenvalue weighted by molar-refractivity contribution is 7.98. The maximum atomic E-state index is 13.2. The summed E-state index contributed by atoms with van der Waals surface area (Å²) in [5.74, 6) is -0.381. The van der Waals surface area contributed by atoms with Crippen molar-refractivity contribution in [2.75, 3.05) is 16.9 Å². The zero-order valence-corrected chi connectivity index (χ0v) is 17.4. The van der Waals surface area contributed by atoms with Crippen LogP contribution < -0.4 is 16.2 Å². The molecule has 0 radical (unpaired) electrons.